The van der Waals surface area contributed by atoms with Gasteiger partial charge < -0.3 is 4.48 Å². The summed E-state index contributed by atoms with van der Waals surface area (Å²) in [6.07, 6.45) is 3.13. The fourth-order valence-electron chi connectivity index (χ4n) is 4.40. The van der Waals surface area contributed by atoms with Gasteiger partial charge in [0.05, 0.1) is 5.70 Å². The van der Waals surface area contributed by atoms with Crippen LogP contribution in [0.3, 0.4) is 0 Å². The Kier molecular flexibility index (Phi) is 6.50. The van der Waals surface area contributed by atoms with Gasteiger partial charge in [0.15, 0.2) is 0 Å². The van der Waals surface area contributed by atoms with Gasteiger partial charge >= 0.3 is 0 Å². The first-order valence-electron chi connectivity index (χ1n) is 10.9. The second-order valence-electron chi connectivity index (χ2n) is 7.71. The third-order valence-electron chi connectivity index (χ3n) is 5.64. The van der Waals surface area contributed by atoms with Crippen LogP contribution >= 0.6 is 0 Å². The molecule has 0 aliphatic carbocycles. The van der Waals surface area contributed by atoms with Crippen LogP contribution < -0.4 is 0 Å². The molecule has 4 rings (SSSR count). The molecule has 1 aromatic heterocycles. The van der Waals surface area contributed by atoms with E-state index in [0.29, 0.717) is 0 Å². The van der Waals surface area contributed by atoms with Gasteiger partial charge in [0, 0.05) is 27.9 Å². The van der Waals surface area contributed by atoms with Gasteiger partial charge in [0.25, 0.3) is 0 Å². The van der Waals surface area contributed by atoms with Gasteiger partial charge in [-0.1, -0.05) is 62.2 Å². The third-order valence-corrected chi connectivity index (χ3v) is 5.64. The van der Waals surface area contributed by atoms with Crippen molar-refractivity contribution in [2.45, 2.75) is 54.9 Å². The number of benzene rings is 2. The second kappa shape index (κ2) is 8.91. The van der Waals surface area contributed by atoms with Crippen molar-refractivity contribution in [2.75, 3.05) is 0 Å². The molecule has 0 unspecified atom stereocenters. The van der Waals surface area contributed by atoms with Crippen LogP contribution in [0.5, 0.6) is 0 Å². The zero-order valence-corrected chi connectivity index (χ0v) is 19.3. The first kappa shape index (κ1) is 21.9. The van der Waals surface area contributed by atoms with Crippen molar-refractivity contribution in [1.82, 2.24) is 4.48 Å². The van der Waals surface area contributed by atoms with Crippen molar-refractivity contribution < 1.29 is 0 Å². The van der Waals surface area contributed by atoms with Gasteiger partial charge in [-0.05, 0) is 69.0 Å². The molecule has 2 aromatic carbocycles. The molecule has 0 saturated carbocycles. The number of rotatable bonds is 3. The summed E-state index contributed by atoms with van der Waals surface area (Å²) in [7, 11) is 6.68. The van der Waals surface area contributed by atoms with Gasteiger partial charge in [-0.2, -0.15) is 0 Å². The summed E-state index contributed by atoms with van der Waals surface area (Å²) in [5.41, 5.74) is 10.4. The van der Waals surface area contributed by atoms with E-state index in [2.05, 4.69) is 83.2 Å². The topological polar surface area (TPSA) is 17.3 Å². The van der Waals surface area contributed by atoms with E-state index in [-0.39, 0.29) is 0 Å². The maximum Gasteiger partial charge on any atom is 0.234 e. The van der Waals surface area contributed by atoms with Crippen LogP contribution in [0.15, 0.2) is 64.3 Å². The molecule has 1 aliphatic rings. The minimum Gasteiger partial charge on any atom is -0.396 e. The highest BCUT2D eigenvalue weighted by Gasteiger charge is 2.19. The molecule has 2 nitrogen and oxygen atoms in total. The molecule has 152 valence electrons. The molecular formula is C27H31BN2. The molecule has 0 N–H and O–H groups in total. The smallest absolute Gasteiger partial charge is 0.234 e. The molecule has 30 heavy (non-hydrogen) atoms. The molecule has 0 saturated heterocycles. The van der Waals surface area contributed by atoms with E-state index in [0.717, 1.165) is 45.6 Å². The Hall–Kier alpha value is -2.81. The lowest BCUT2D eigenvalue weighted by Gasteiger charge is -2.10. The Morgan fingerprint density at radius 2 is 1.53 bits per heavy atom. The van der Waals surface area contributed by atoms with Crippen molar-refractivity contribution in [2.24, 2.45) is 4.99 Å². The summed E-state index contributed by atoms with van der Waals surface area (Å²) in [5, 5.41) is 2.31. The molecule has 3 aromatic rings. The monoisotopic (exact) mass is 394 g/mol. The van der Waals surface area contributed by atoms with Crippen LogP contribution in [0.4, 0.5) is 0 Å². The Bertz CT molecular complexity index is 1170. The van der Waals surface area contributed by atoms with E-state index < -0.39 is 0 Å². The minimum atomic E-state index is 0.994. The van der Waals surface area contributed by atoms with E-state index in [4.69, 9.17) is 13.0 Å². The van der Waals surface area contributed by atoms with E-state index in [9.17, 15) is 0 Å². The van der Waals surface area contributed by atoms with Crippen molar-refractivity contribution in [3.05, 3.63) is 76.1 Å². The molecule has 0 bridgehead atoms. The molecule has 2 radical (unpaired) electrons. The van der Waals surface area contributed by atoms with Gasteiger partial charge in [0.1, 0.15) is 0 Å². The average Bonchev–Trinajstić information content (AvgIpc) is 3.15. The SMILES string of the molecule is CC.[B]n1c(/C=C2\N=C(C)C(CC)=C2C)c2ccccc2c1-c1cc(C)cc(C)c1. The van der Waals surface area contributed by atoms with Crippen LogP contribution in [0.25, 0.3) is 28.1 Å². The van der Waals surface area contributed by atoms with E-state index in [1.807, 2.05) is 18.3 Å². The largest absolute Gasteiger partial charge is 0.396 e. The lowest BCUT2D eigenvalue weighted by atomic mass is 10.0. The molecular weight excluding hydrogens is 363 g/mol. The van der Waals surface area contributed by atoms with Crippen molar-refractivity contribution in [3.63, 3.8) is 0 Å². The zero-order chi connectivity index (χ0) is 22.0. The number of allylic oxidation sites excluding steroid dienone is 2. The normalized spacial score (nSPS) is 14.9. The van der Waals surface area contributed by atoms with Crippen molar-refractivity contribution >= 4 is 30.5 Å². The maximum atomic E-state index is 6.68. The standard InChI is InChI=1S/C25H25BN2.C2H6/c1-6-20-17(4)23(27-18(20)5)14-24-21-9-7-8-10-22(21)25(28(24)26)19-12-15(2)11-16(3)13-19;1-2/h7-14H,6H2,1-5H3;1-2H3/b23-14-;. The van der Waals surface area contributed by atoms with Crippen molar-refractivity contribution in [3.8, 4) is 11.3 Å². The Labute approximate surface area is 182 Å². The highest BCUT2D eigenvalue weighted by Crippen LogP contribution is 2.37. The predicted octanol–water partition coefficient (Wildman–Crippen LogP) is 7.42. The number of hydrogen-bond donors (Lipinski definition) is 0. The fraction of sp³-hybridized carbons (Fsp3) is 0.296. The molecule has 1 aliphatic heterocycles. The third kappa shape index (κ3) is 3.81. The van der Waals surface area contributed by atoms with Crippen LogP contribution in [-0.4, -0.2) is 18.2 Å². The van der Waals surface area contributed by atoms with E-state index in [1.54, 1.807) is 0 Å². The number of aryl methyl sites for hydroxylation is 2. The van der Waals surface area contributed by atoms with Gasteiger partial charge in [-0.3, -0.25) is 4.99 Å². The summed E-state index contributed by atoms with van der Waals surface area (Å²) < 4.78 is 1.83. The van der Waals surface area contributed by atoms with Gasteiger partial charge in [-0.25, -0.2) is 0 Å². The van der Waals surface area contributed by atoms with Gasteiger partial charge in [-0.15, -0.1) is 0 Å². The first-order valence-corrected chi connectivity index (χ1v) is 10.9. The molecule has 3 heteroatoms. The molecule has 0 fully saturated rings. The summed E-state index contributed by atoms with van der Waals surface area (Å²) in [4.78, 5) is 4.81. The summed E-state index contributed by atoms with van der Waals surface area (Å²) in [5.74, 6) is 0. The highest BCUT2D eigenvalue weighted by molar-refractivity contribution is 6.17. The molecule has 2 heterocycles. The van der Waals surface area contributed by atoms with Crippen LogP contribution in [0.2, 0.25) is 0 Å². The van der Waals surface area contributed by atoms with Crippen LogP contribution in [0, 0.1) is 13.8 Å². The van der Waals surface area contributed by atoms with Crippen LogP contribution in [-0.2, 0) is 0 Å². The zero-order valence-electron chi connectivity index (χ0n) is 19.3. The fourth-order valence-corrected chi connectivity index (χ4v) is 4.40. The average molecular weight is 394 g/mol. The second-order valence-corrected chi connectivity index (χ2v) is 7.71. The van der Waals surface area contributed by atoms with Crippen LogP contribution in [0.1, 0.15) is 57.9 Å². The van der Waals surface area contributed by atoms with E-state index in [1.165, 1.54) is 22.3 Å². The number of aromatic nitrogens is 1. The Balaban J connectivity index is 0.00000124. The first-order chi connectivity index (χ1) is 14.4. The molecule has 0 atom stereocenters. The quantitative estimate of drug-likeness (QED) is 0.411. The maximum absolute atomic E-state index is 6.68. The lowest BCUT2D eigenvalue weighted by Crippen LogP contribution is -1.98. The summed E-state index contributed by atoms with van der Waals surface area (Å²) >= 11 is 0. The predicted molar refractivity (Wildman–Crippen MR) is 133 cm³/mol. The Morgan fingerprint density at radius 3 is 2.10 bits per heavy atom. The summed E-state index contributed by atoms with van der Waals surface area (Å²) in [6.45, 7) is 14.7. The number of aliphatic imine (C=N–C) groups is 1. The minimum absolute atomic E-state index is 0.994. The number of fused-ring (bicyclic) bond motifs is 1. The lowest BCUT2D eigenvalue weighted by molar-refractivity contribution is 1.15. The highest BCUT2D eigenvalue weighted by atomic mass is 14.9. The Morgan fingerprint density at radius 1 is 0.933 bits per heavy atom. The van der Waals surface area contributed by atoms with Crippen molar-refractivity contribution in [1.29, 1.82) is 0 Å². The number of nitrogens with zero attached hydrogens (tertiary/aromatic N) is 2. The van der Waals surface area contributed by atoms with Gasteiger partial charge in [0.2, 0.25) is 7.98 Å². The van der Waals surface area contributed by atoms with E-state index >= 15 is 0 Å². The molecule has 0 spiro atoms. The molecule has 0 amide bonds. The number of hydrogen-bond acceptors (Lipinski definition) is 1. The summed E-state index contributed by atoms with van der Waals surface area (Å²) in [6, 6.07) is 15.0.